The van der Waals surface area contributed by atoms with E-state index < -0.39 is 0 Å². The summed E-state index contributed by atoms with van der Waals surface area (Å²) in [7, 11) is 0. The number of aliphatic hydroxyl groups excluding tert-OH is 1. The fraction of sp³-hybridized carbons (Fsp3) is 1.00. The van der Waals surface area contributed by atoms with Crippen LogP contribution in [0.15, 0.2) is 0 Å². The molecule has 1 N–H and O–H groups in total. The maximum atomic E-state index is 9.18. The quantitative estimate of drug-likeness (QED) is 0.721. The molecule has 0 aliphatic rings. The summed E-state index contributed by atoms with van der Waals surface area (Å²) in [5, 5.41) is 9.87. The Hall–Kier alpha value is 0.790. The Morgan fingerprint density at radius 1 is 1.45 bits per heavy atom. The zero-order valence-corrected chi connectivity index (χ0v) is 9.62. The highest BCUT2D eigenvalue weighted by atomic mass is 79.9. The fourth-order valence-electron chi connectivity index (χ4n) is 0.568. The average Bonchev–Trinajstić information content (AvgIpc) is 2.04. The van der Waals surface area contributed by atoms with Crippen molar-refractivity contribution >= 4 is 27.7 Å². The zero-order chi connectivity index (χ0) is 8.69. The van der Waals surface area contributed by atoms with E-state index in [1.165, 1.54) is 12.2 Å². The van der Waals surface area contributed by atoms with Gasteiger partial charge in [-0.3, -0.25) is 0 Å². The van der Waals surface area contributed by atoms with Crippen molar-refractivity contribution in [1.29, 1.82) is 0 Å². The van der Waals surface area contributed by atoms with Crippen LogP contribution >= 0.6 is 27.7 Å². The molecule has 0 saturated heterocycles. The summed E-state index contributed by atoms with van der Waals surface area (Å²) in [6.45, 7) is 4.44. The molecule has 0 bridgehead atoms. The maximum absolute atomic E-state index is 9.18. The lowest BCUT2D eigenvalue weighted by Gasteiger charge is -2.09. The minimum atomic E-state index is -0.177. The number of rotatable bonds is 6. The van der Waals surface area contributed by atoms with E-state index in [0.717, 1.165) is 11.7 Å². The van der Waals surface area contributed by atoms with Crippen molar-refractivity contribution in [3.05, 3.63) is 0 Å². The second kappa shape index (κ2) is 7.44. The fourth-order valence-corrected chi connectivity index (χ4v) is 2.26. The van der Waals surface area contributed by atoms with Gasteiger partial charge < -0.3 is 5.11 Å². The van der Waals surface area contributed by atoms with Crippen LogP contribution in [0.25, 0.3) is 0 Å². The second-order valence-electron chi connectivity index (χ2n) is 2.86. The van der Waals surface area contributed by atoms with Gasteiger partial charge in [0.15, 0.2) is 0 Å². The molecule has 1 nitrogen and oxygen atoms in total. The topological polar surface area (TPSA) is 20.2 Å². The largest absolute Gasteiger partial charge is 0.391 e. The first-order valence-corrected chi connectivity index (χ1v) is 6.30. The summed E-state index contributed by atoms with van der Waals surface area (Å²) in [4.78, 5) is 0. The van der Waals surface area contributed by atoms with Crippen LogP contribution in [0.4, 0.5) is 0 Å². The third-order valence-electron chi connectivity index (χ3n) is 1.59. The number of thioether (sulfide) groups is 1. The van der Waals surface area contributed by atoms with Crippen molar-refractivity contribution in [2.24, 2.45) is 5.92 Å². The van der Waals surface area contributed by atoms with Crippen LogP contribution in [0.2, 0.25) is 0 Å². The minimum absolute atomic E-state index is 0.177. The molecule has 0 rings (SSSR count). The molecule has 3 heteroatoms. The normalized spacial score (nSPS) is 16.4. The van der Waals surface area contributed by atoms with Gasteiger partial charge in [0.1, 0.15) is 0 Å². The van der Waals surface area contributed by atoms with E-state index in [4.69, 9.17) is 0 Å². The van der Waals surface area contributed by atoms with Crippen LogP contribution in [0.1, 0.15) is 20.3 Å². The lowest BCUT2D eigenvalue weighted by Crippen LogP contribution is -2.12. The third-order valence-corrected chi connectivity index (χ3v) is 3.76. The number of aliphatic hydroxyl groups is 1. The maximum Gasteiger partial charge on any atom is 0.0727 e. The van der Waals surface area contributed by atoms with Gasteiger partial charge in [-0.25, -0.2) is 0 Å². The van der Waals surface area contributed by atoms with Gasteiger partial charge in [-0.1, -0.05) is 36.2 Å². The first-order chi connectivity index (χ1) is 5.20. The molecule has 0 fully saturated rings. The minimum Gasteiger partial charge on any atom is -0.391 e. The summed E-state index contributed by atoms with van der Waals surface area (Å²) < 4.78 is 0. The summed E-state index contributed by atoms with van der Waals surface area (Å²) >= 11 is 5.07. The lowest BCUT2D eigenvalue weighted by molar-refractivity contribution is 0.226. The van der Waals surface area contributed by atoms with Crippen molar-refractivity contribution in [3.8, 4) is 0 Å². The van der Waals surface area contributed by atoms with Crippen molar-refractivity contribution in [1.82, 2.24) is 0 Å². The van der Waals surface area contributed by atoms with Gasteiger partial charge in [0.25, 0.3) is 0 Å². The molecule has 68 valence electrons. The first kappa shape index (κ1) is 11.8. The standard InChI is InChI=1S/C8H17BrOS/c1-3-7(2)5-11-6-8(10)4-9/h7-8,10H,3-6H2,1-2H3. The number of hydrogen-bond acceptors (Lipinski definition) is 2. The molecule has 0 aromatic rings. The van der Waals surface area contributed by atoms with E-state index in [9.17, 15) is 5.11 Å². The van der Waals surface area contributed by atoms with Crippen LogP contribution in [0.5, 0.6) is 0 Å². The predicted molar refractivity (Wildman–Crippen MR) is 56.6 cm³/mol. The molecule has 0 aromatic carbocycles. The summed E-state index contributed by atoms with van der Waals surface area (Å²) in [5.41, 5.74) is 0. The van der Waals surface area contributed by atoms with Gasteiger partial charge >= 0.3 is 0 Å². The number of alkyl halides is 1. The molecule has 0 saturated carbocycles. The Labute approximate surface area is 82.1 Å². The molecule has 0 aromatic heterocycles. The first-order valence-electron chi connectivity index (χ1n) is 4.02. The van der Waals surface area contributed by atoms with Crippen molar-refractivity contribution < 1.29 is 5.11 Å². The van der Waals surface area contributed by atoms with Crippen LogP contribution in [0, 0.1) is 5.92 Å². The molecule has 11 heavy (non-hydrogen) atoms. The van der Waals surface area contributed by atoms with E-state index in [2.05, 4.69) is 29.8 Å². The van der Waals surface area contributed by atoms with Crippen LogP contribution in [-0.4, -0.2) is 28.0 Å². The van der Waals surface area contributed by atoms with Gasteiger partial charge in [-0.05, 0) is 11.7 Å². The van der Waals surface area contributed by atoms with E-state index in [1.807, 2.05) is 11.8 Å². The van der Waals surface area contributed by atoms with Crippen LogP contribution < -0.4 is 0 Å². The van der Waals surface area contributed by atoms with Crippen molar-refractivity contribution in [3.63, 3.8) is 0 Å². The Bertz CT molecular complexity index is 80.2. The molecular formula is C8H17BrOS. The monoisotopic (exact) mass is 240 g/mol. The molecular weight excluding hydrogens is 224 g/mol. The molecule has 2 unspecified atom stereocenters. The van der Waals surface area contributed by atoms with E-state index in [1.54, 1.807) is 0 Å². The van der Waals surface area contributed by atoms with Crippen LogP contribution in [-0.2, 0) is 0 Å². The highest BCUT2D eigenvalue weighted by Crippen LogP contribution is 2.12. The van der Waals surface area contributed by atoms with Gasteiger partial charge in [0.2, 0.25) is 0 Å². The second-order valence-corrected chi connectivity index (χ2v) is 4.58. The van der Waals surface area contributed by atoms with Crippen molar-refractivity contribution in [2.75, 3.05) is 16.8 Å². The van der Waals surface area contributed by atoms with Gasteiger partial charge in [-0.2, -0.15) is 11.8 Å². The molecule has 0 radical (unpaired) electrons. The molecule has 2 atom stereocenters. The molecule has 0 heterocycles. The molecule has 0 amide bonds. The highest BCUT2D eigenvalue weighted by molar-refractivity contribution is 9.09. The Morgan fingerprint density at radius 2 is 2.09 bits per heavy atom. The van der Waals surface area contributed by atoms with Gasteiger partial charge in [-0.15, -0.1) is 0 Å². The molecule has 0 aliphatic heterocycles. The molecule has 0 spiro atoms. The van der Waals surface area contributed by atoms with E-state index in [0.29, 0.717) is 5.33 Å². The van der Waals surface area contributed by atoms with Gasteiger partial charge in [0, 0.05) is 11.1 Å². The van der Waals surface area contributed by atoms with E-state index >= 15 is 0 Å². The zero-order valence-electron chi connectivity index (χ0n) is 7.22. The SMILES string of the molecule is CCC(C)CSCC(O)CBr. The van der Waals surface area contributed by atoms with Gasteiger partial charge in [0.05, 0.1) is 6.10 Å². The highest BCUT2D eigenvalue weighted by Gasteiger charge is 2.03. The number of halogens is 1. The van der Waals surface area contributed by atoms with Crippen LogP contribution in [0.3, 0.4) is 0 Å². The predicted octanol–water partition coefficient (Wildman–Crippen LogP) is 2.52. The van der Waals surface area contributed by atoms with E-state index in [-0.39, 0.29) is 6.10 Å². The third kappa shape index (κ3) is 7.16. The number of hydrogen-bond donors (Lipinski definition) is 1. The Balaban J connectivity index is 3.13. The lowest BCUT2D eigenvalue weighted by atomic mass is 10.2. The average molecular weight is 241 g/mol. The Kier molecular flexibility index (Phi) is 7.97. The Morgan fingerprint density at radius 3 is 2.55 bits per heavy atom. The summed E-state index contributed by atoms with van der Waals surface area (Å²) in [6, 6.07) is 0. The summed E-state index contributed by atoms with van der Waals surface area (Å²) in [6.07, 6.45) is 1.06. The van der Waals surface area contributed by atoms with Crippen molar-refractivity contribution in [2.45, 2.75) is 26.4 Å². The smallest absolute Gasteiger partial charge is 0.0727 e. The summed E-state index contributed by atoms with van der Waals surface area (Å²) in [5.74, 6) is 2.80. The molecule has 0 aliphatic carbocycles.